The quantitative estimate of drug-likeness (QED) is 0.876. The zero-order valence-electron chi connectivity index (χ0n) is 11.9. The van der Waals surface area contributed by atoms with Crippen LogP contribution in [-0.2, 0) is 6.61 Å². The van der Waals surface area contributed by atoms with Crippen LogP contribution in [0.3, 0.4) is 0 Å². The molecular formula is C16H17BrFNO2. The van der Waals surface area contributed by atoms with Crippen LogP contribution in [-0.4, -0.2) is 7.11 Å². The van der Waals surface area contributed by atoms with Crippen molar-refractivity contribution in [2.45, 2.75) is 19.6 Å². The summed E-state index contributed by atoms with van der Waals surface area (Å²) in [4.78, 5) is 0. The largest absolute Gasteiger partial charge is 0.494 e. The fraction of sp³-hybridized carbons (Fsp3) is 0.250. The second-order valence-electron chi connectivity index (χ2n) is 4.73. The standard InChI is InChI=1S/C16H17BrFNO2/c1-10(19)13-5-4-12(17)8-16(13)21-9-11-3-6-15(20-2)14(18)7-11/h3-8,10H,9,19H2,1-2H3. The third-order valence-corrected chi connectivity index (χ3v) is 3.57. The summed E-state index contributed by atoms with van der Waals surface area (Å²) >= 11 is 3.40. The lowest BCUT2D eigenvalue weighted by molar-refractivity contribution is 0.300. The maximum Gasteiger partial charge on any atom is 0.165 e. The number of ether oxygens (including phenoxy) is 2. The maximum absolute atomic E-state index is 13.6. The Morgan fingerprint density at radius 3 is 2.57 bits per heavy atom. The number of halogens is 2. The van der Waals surface area contributed by atoms with Crippen molar-refractivity contribution in [1.29, 1.82) is 0 Å². The first kappa shape index (κ1) is 15.8. The van der Waals surface area contributed by atoms with Crippen LogP contribution in [0.5, 0.6) is 11.5 Å². The van der Waals surface area contributed by atoms with E-state index in [2.05, 4.69) is 15.9 Å². The van der Waals surface area contributed by atoms with Crippen LogP contribution in [0.4, 0.5) is 4.39 Å². The van der Waals surface area contributed by atoms with Crippen molar-refractivity contribution < 1.29 is 13.9 Å². The summed E-state index contributed by atoms with van der Waals surface area (Å²) in [5.74, 6) is 0.508. The van der Waals surface area contributed by atoms with Crippen molar-refractivity contribution in [1.82, 2.24) is 0 Å². The summed E-state index contributed by atoms with van der Waals surface area (Å²) in [6.07, 6.45) is 0. The van der Waals surface area contributed by atoms with Crippen LogP contribution in [0.1, 0.15) is 24.1 Å². The molecule has 0 saturated heterocycles. The Labute approximate surface area is 132 Å². The highest BCUT2D eigenvalue weighted by molar-refractivity contribution is 9.10. The van der Waals surface area contributed by atoms with Crippen molar-refractivity contribution in [3.8, 4) is 11.5 Å². The van der Waals surface area contributed by atoms with E-state index in [9.17, 15) is 4.39 Å². The molecule has 0 aliphatic heterocycles. The van der Waals surface area contributed by atoms with Crippen LogP contribution < -0.4 is 15.2 Å². The number of benzene rings is 2. The number of hydrogen-bond acceptors (Lipinski definition) is 3. The highest BCUT2D eigenvalue weighted by atomic mass is 79.9. The summed E-state index contributed by atoms with van der Waals surface area (Å²) in [6, 6.07) is 10.3. The molecule has 2 N–H and O–H groups in total. The van der Waals surface area contributed by atoms with Gasteiger partial charge in [-0.3, -0.25) is 0 Å². The minimum atomic E-state index is -0.403. The minimum absolute atomic E-state index is 0.138. The van der Waals surface area contributed by atoms with Gasteiger partial charge in [-0.2, -0.15) is 0 Å². The molecule has 21 heavy (non-hydrogen) atoms. The Bertz CT molecular complexity index is 632. The van der Waals surface area contributed by atoms with E-state index in [1.807, 2.05) is 25.1 Å². The smallest absolute Gasteiger partial charge is 0.165 e. The average molecular weight is 354 g/mol. The van der Waals surface area contributed by atoms with E-state index < -0.39 is 5.82 Å². The minimum Gasteiger partial charge on any atom is -0.494 e. The topological polar surface area (TPSA) is 44.5 Å². The first-order valence-corrected chi connectivity index (χ1v) is 7.31. The van der Waals surface area contributed by atoms with E-state index in [4.69, 9.17) is 15.2 Å². The van der Waals surface area contributed by atoms with Gasteiger partial charge in [0.25, 0.3) is 0 Å². The van der Waals surface area contributed by atoms with Gasteiger partial charge in [0.15, 0.2) is 11.6 Å². The third kappa shape index (κ3) is 3.95. The summed E-state index contributed by atoms with van der Waals surface area (Å²) in [5.41, 5.74) is 7.56. The molecule has 5 heteroatoms. The molecule has 2 aromatic carbocycles. The number of hydrogen-bond donors (Lipinski definition) is 1. The number of nitrogens with two attached hydrogens (primary N) is 1. The van der Waals surface area contributed by atoms with Gasteiger partial charge in [0.1, 0.15) is 12.4 Å². The zero-order valence-corrected chi connectivity index (χ0v) is 13.5. The summed E-state index contributed by atoms with van der Waals surface area (Å²) in [7, 11) is 1.44. The van der Waals surface area contributed by atoms with Gasteiger partial charge < -0.3 is 15.2 Å². The van der Waals surface area contributed by atoms with Gasteiger partial charge in [0.05, 0.1) is 7.11 Å². The molecule has 0 radical (unpaired) electrons. The average Bonchev–Trinajstić information content (AvgIpc) is 2.45. The zero-order chi connectivity index (χ0) is 15.4. The first-order chi connectivity index (χ1) is 10.0. The maximum atomic E-state index is 13.6. The third-order valence-electron chi connectivity index (χ3n) is 3.08. The normalized spacial score (nSPS) is 12.0. The van der Waals surface area contributed by atoms with Gasteiger partial charge in [-0.1, -0.05) is 28.1 Å². The molecule has 0 bridgehead atoms. The predicted molar refractivity (Wildman–Crippen MR) is 84.0 cm³/mol. The van der Waals surface area contributed by atoms with Crippen LogP contribution in [0.15, 0.2) is 40.9 Å². The highest BCUT2D eigenvalue weighted by Gasteiger charge is 2.10. The van der Waals surface area contributed by atoms with Gasteiger partial charge in [0.2, 0.25) is 0 Å². The second-order valence-corrected chi connectivity index (χ2v) is 5.64. The van der Waals surface area contributed by atoms with Crippen molar-refractivity contribution in [3.63, 3.8) is 0 Å². The summed E-state index contributed by atoms with van der Waals surface area (Å²) in [5, 5.41) is 0. The van der Waals surface area contributed by atoms with Gasteiger partial charge in [-0.05, 0) is 36.8 Å². The van der Waals surface area contributed by atoms with E-state index in [0.717, 1.165) is 15.6 Å². The predicted octanol–water partition coefficient (Wildman–Crippen LogP) is 4.20. The van der Waals surface area contributed by atoms with Gasteiger partial charge in [0, 0.05) is 16.1 Å². The molecule has 0 heterocycles. The first-order valence-electron chi connectivity index (χ1n) is 6.51. The van der Waals surface area contributed by atoms with Gasteiger partial charge >= 0.3 is 0 Å². The lowest BCUT2D eigenvalue weighted by Gasteiger charge is -2.15. The van der Waals surface area contributed by atoms with E-state index in [1.165, 1.54) is 13.2 Å². The molecule has 3 nitrogen and oxygen atoms in total. The molecule has 0 aromatic heterocycles. The monoisotopic (exact) mass is 353 g/mol. The molecule has 0 fully saturated rings. The van der Waals surface area contributed by atoms with E-state index in [1.54, 1.807) is 12.1 Å². The lowest BCUT2D eigenvalue weighted by atomic mass is 10.1. The Kier molecular flexibility index (Phi) is 5.20. The summed E-state index contributed by atoms with van der Waals surface area (Å²) in [6.45, 7) is 2.15. The molecule has 0 aliphatic carbocycles. The Balaban J connectivity index is 2.16. The van der Waals surface area contributed by atoms with Crippen molar-refractivity contribution >= 4 is 15.9 Å². The Hall–Kier alpha value is -1.59. The molecule has 1 unspecified atom stereocenters. The number of methoxy groups -OCH3 is 1. The SMILES string of the molecule is COc1ccc(COc2cc(Br)ccc2C(C)N)cc1F. The van der Waals surface area contributed by atoms with Crippen molar-refractivity contribution in [2.24, 2.45) is 5.73 Å². The fourth-order valence-electron chi connectivity index (χ4n) is 1.97. The molecule has 0 spiro atoms. The van der Waals surface area contributed by atoms with Crippen LogP contribution in [0.2, 0.25) is 0 Å². The molecular weight excluding hydrogens is 337 g/mol. The van der Waals surface area contributed by atoms with Gasteiger partial charge in [-0.25, -0.2) is 4.39 Å². The molecule has 0 amide bonds. The van der Waals surface area contributed by atoms with Crippen molar-refractivity contribution in [3.05, 3.63) is 57.8 Å². The molecule has 0 aliphatic rings. The van der Waals surface area contributed by atoms with Crippen LogP contribution in [0, 0.1) is 5.82 Å². The molecule has 1 atom stereocenters. The Morgan fingerprint density at radius 2 is 1.95 bits per heavy atom. The number of rotatable bonds is 5. The van der Waals surface area contributed by atoms with Crippen molar-refractivity contribution in [2.75, 3.05) is 7.11 Å². The summed E-state index contributed by atoms with van der Waals surface area (Å²) < 4.78 is 25.2. The van der Waals surface area contributed by atoms with E-state index >= 15 is 0 Å². The Morgan fingerprint density at radius 1 is 1.19 bits per heavy atom. The second kappa shape index (κ2) is 6.91. The lowest BCUT2D eigenvalue weighted by Crippen LogP contribution is -2.08. The molecule has 112 valence electrons. The van der Waals surface area contributed by atoms with Gasteiger partial charge in [-0.15, -0.1) is 0 Å². The highest BCUT2D eigenvalue weighted by Crippen LogP contribution is 2.28. The van der Waals surface area contributed by atoms with E-state index in [-0.39, 0.29) is 18.4 Å². The van der Waals surface area contributed by atoms with E-state index in [0.29, 0.717) is 5.75 Å². The fourth-order valence-corrected chi connectivity index (χ4v) is 2.31. The molecule has 0 saturated carbocycles. The molecule has 2 aromatic rings. The van der Waals surface area contributed by atoms with Crippen LogP contribution in [0.25, 0.3) is 0 Å². The van der Waals surface area contributed by atoms with Crippen LogP contribution >= 0.6 is 15.9 Å². The molecule has 2 rings (SSSR count).